The molecule has 1 heterocycles. The zero-order valence-electron chi connectivity index (χ0n) is 26.5. The second-order valence-electron chi connectivity index (χ2n) is 11.4. The van der Waals surface area contributed by atoms with E-state index in [0.29, 0.717) is 17.5 Å². The van der Waals surface area contributed by atoms with Gasteiger partial charge in [-0.15, -0.1) is 0 Å². The number of hydrogen-bond acceptors (Lipinski definition) is 3. The molecule has 3 nitrogen and oxygen atoms in total. The molecule has 0 aliphatic carbocycles. The number of benzene rings is 6. The first-order chi connectivity index (χ1) is 23.7. The Kier molecular flexibility index (Phi) is 8.75. The summed E-state index contributed by atoms with van der Waals surface area (Å²) in [7, 11) is 0. The maximum atomic E-state index is 5.19. The van der Waals surface area contributed by atoms with Crippen molar-refractivity contribution in [2.24, 2.45) is 0 Å². The van der Waals surface area contributed by atoms with E-state index in [-0.39, 0.29) is 0 Å². The van der Waals surface area contributed by atoms with Gasteiger partial charge in [-0.25, -0.2) is 15.0 Å². The van der Waals surface area contributed by atoms with Crippen LogP contribution in [0.3, 0.4) is 0 Å². The molecule has 0 saturated heterocycles. The number of hydrogen-bond donors (Lipinski definition) is 0. The second kappa shape index (κ2) is 13.9. The van der Waals surface area contributed by atoms with E-state index in [2.05, 4.69) is 110 Å². The number of rotatable bonds is 9. The van der Waals surface area contributed by atoms with Gasteiger partial charge in [0, 0.05) is 16.7 Å². The van der Waals surface area contributed by atoms with Gasteiger partial charge in [-0.05, 0) is 80.9 Å². The fourth-order valence-corrected chi connectivity index (χ4v) is 5.83. The molecule has 1 aromatic heterocycles. The van der Waals surface area contributed by atoms with Gasteiger partial charge in [-0.1, -0.05) is 153 Å². The lowest BCUT2D eigenvalue weighted by molar-refractivity contribution is 1.07. The Balaban J connectivity index is 1.48. The lowest BCUT2D eigenvalue weighted by Crippen LogP contribution is -2.01. The van der Waals surface area contributed by atoms with E-state index in [4.69, 9.17) is 15.0 Å². The largest absolute Gasteiger partial charge is 0.208 e. The third kappa shape index (κ3) is 6.57. The molecule has 0 unspecified atom stereocenters. The van der Waals surface area contributed by atoms with Crippen LogP contribution in [0.4, 0.5) is 0 Å². The molecular weight excluding hydrogens is 583 g/mol. The molecule has 0 aliphatic heterocycles. The highest BCUT2D eigenvalue weighted by Crippen LogP contribution is 2.35. The molecule has 0 fully saturated rings. The molecule has 0 aliphatic rings. The van der Waals surface area contributed by atoms with Crippen LogP contribution >= 0.6 is 0 Å². The van der Waals surface area contributed by atoms with Gasteiger partial charge >= 0.3 is 0 Å². The molecule has 228 valence electrons. The fourth-order valence-electron chi connectivity index (χ4n) is 5.83. The molecule has 0 spiro atoms. The van der Waals surface area contributed by atoms with Crippen molar-refractivity contribution in [1.82, 2.24) is 15.0 Å². The van der Waals surface area contributed by atoms with E-state index < -0.39 is 0 Å². The van der Waals surface area contributed by atoms with Crippen LogP contribution in [0, 0.1) is 0 Å². The van der Waals surface area contributed by atoms with Crippen molar-refractivity contribution < 1.29 is 0 Å². The molecule has 0 N–H and O–H groups in total. The molecule has 0 atom stereocenters. The van der Waals surface area contributed by atoms with Crippen LogP contribution in [0.1, 0.15) is 5.56 Å². The first-order valence-corrected chi connectivity index (χ1v) is 15.9. The van der Waals surface area contributed by atoms with Crippen LogP contribution in [-0.2, 0) is 0 Å². The zero-order valence-corrected chi connectivity index (χ0v) is 26.5. The molecule has 0 radical (unpaired) electrons. The molecule has 0 saturated carbocycles. The smallest absolute Gasteiger partial charge is 0.164 e. The Bertz CT molecular complexity index is 2180. The number of aromatic nitrogens is 3. The summed E-state index contributed by atoms with van der Waals surface area (Å²) in [4.78, 5) is 15.4. The molecule has 3 heteroatoms. The van der Waals surface area contributed by atoms with Crippen molar-refractivity contribution in [3.05, 3.63) is 195 Å². The molecule has 0 amide bonds. The highest BCUT2D eigenvalue weighted by molar-refractivity contribution is 5.84. The normalized spacial score (nSPS) is 11.2. The summed E-state index contributed by atoms with van der Waals surface area (Å²) in [5, 5.41) is 0. The van der Waals surface area contributed by atoms with Gasteiger partial charge in [-0.3, -0.25) is 0 Å². The Labute approximate surface area is 282 Å². The summed E-state index contributed by atoms with van der Waals surface area (Å²) in [5.74, 6) is 1.80. The monoisotopic (exact) mass is 615 g/mol. The van der Waals surface area contributed by atoms with Crippen LogP contribution in [0.15, 0.2) is 189 Å². The van der Waals surface area contributed by atoms with Gasteiger partial charge < -0.3 is 0 Å². The highest BCUT2D eigenvalue weighted by Gasteiger charge is 2.16. The van der Waals surface area contributed by atoms with Gasteiger partial charge in [-0.2, -0.15) is 0 Å². The SMILES string of the molecule is C=C/C=C(\C=C)c1cc(-c2ccccc2)cc(-c2nc(-c3ccccc3)nc(-c3cc(-c4ccccc4)cc(-c4ccccc4)c3)n2)c1. The van der Waals surface area contributed by atoms with Crippen molar-refractivity contribution in [3.63, 3.8) is 0 Å². The van der Waals surface area contributed by atoms with Gasteiger partial charge in [0.1, 0.15) is 0 Å². The minimum Gasteiger partial charge on any atom is -0.208 e. The Morgan fingerprint density at radius 1 is 0.375 bits per heavy atom. The van der Waals surface area contributed by atoms with E-state index >= 15 is 0 Å². The third-order valence-electron chi connectivity index (χ3n) is 8.22. The molecule has 6 aromatic carbocycles. The average Bonchev–Trinajstić information content (AvgIpc) is 3.17. The Morgan fingerprint density at radius 2 is 0.708 bits per heavy atom. The van der Waals surface area contributed by atoms with E-state index in [1.165, 1.54) is 0 Å². The predicted molar refractivity (Wildman–Crippen MR) is 201 cm³/mol. The van der Waals surface area contributed by atoms with Gasteiger partial charge in [0.05, 0.1) is 0 Å². The maximum Gasteiger partial charge on any atom is 0.164 e. The van der Waals surface area contributed by atoms with Crippen molar-refractivity contribution in [3.8, 4) is 67.5 Å². The van der Waals surface area contributed by atoms with E-state index in [1.54, 1.807) is 6.08 Å². The van der Waals surface area contributed by atoms with E-state index in [1.807, 2.05) is 72.8 Å². The molecule has 7 rings (SSSR count). The first-order valence-electron chi connectivity index (χ1n) is 15.9. The van der Waals surface area contributed by atoms with Crippen LogP contribution in [-0.4, -0.2) is 15.0 Å². The minimum atomic E-state index is 0.589. The summed E-state index contributed by atoms with van der Waals surface area (Å²) in [6, 6.07) is 54.3. The van der Waals surface area contributed by atoms with Gasteiger partial charge in [0.2, 0.25) is 0 Å². The summed E-state index contributed by atoms with van der Waals surface area (Å²) in [6.45, 7) is 8.00. The first kappa shape index (κ1) is 30.2. The van der Waals surface area contributed by atoms with Crippen molar-refractivity contribution in [2.75, 3.05) is 0 Å². The number of allylic oxidation sites excluding steroid dienone is 4. The lowest BCUT2D eigenvalue weighted by atomic mass is 9.95. The minimum absolute atomic E-state index is 0.589. The van der Waals surface area contributed by atoms with Gasteiger partial charge in [0.25, 0.3) is 0 Å². The quantitative estimate of drug-likeness (QED) is 0.152. The summed E-state index contributed by atoms with van der Waals surface area (Å²) in [6.07, 6.45) is 5.60. The average molecular weight is 616 g/mol. The Morgan fingerprint density at radius 3 is 1.12 bits per heavy atom. The van der Waals surface area contributed by atoms with Gasteiger partial charge in [0.15, 0.2) is 17.5 Å². The second-order valence-corrected chi connectivity index (χ2v) is 11.4. The highest BCUT2D eigenvalue weighted by atomic mass is 15.0. The van der Waals surface area contributed by atoms with Crippen molar-refractivity contribution in [1.29, 1.82) is 0 Å². The third-order valence-corrected chi connectivity index (χ3v) is 8.22. The summed E-state index contributed by atoms with van der Waals surface area (Å²) < 4.78 is 0. The van der Waals surface area contributed by atoms with Crippen molar-refractivity contribution in [2.45, 2.75) is 0 Å². The molecular formula is C45H33N3. The summed E-state index contributed by atoms with van der Waals surface area (Å²) >= 11 is 0. The van der Waals surface area contributed by atoms with Crippen LogP contribution in [0.5, 0.6) is 0 Å². The zero-order chi connectivity index (χ0) is 32.7. The van der Waals surface area contributed by atoms with Crippen molar-refractivity contribution >= 4 is 5.57 Å². The summed E-state index contributed by atoms with van der Waals surface area (Å²) in [5.41, 5.74) is 11.3. The van der Waals surface area contributed by atoms with Crippen LogP contribution in [0.2, 0.25) is 0 Å². The lowest BCUT2D eigenvalue weighted by Gasteiger charge is -2.14. The predicted octanol–water partition coefficient (Wildman–Crippen LogP) is 11.6. The fraction of sp³-hybridized carbons (Fsp3) is 0. The topological polar surface area (TPSA) is 38.7 Å². The van der Waals surface area contributed by atoms with Crippen LogP contribution < -0.4 is 0 Å². The van der Waals surface area contributed by atoms with Crippen LogP contribution in [0.25, 0.3) is 73.1 Å². The standard InChI is InChI=1S/C45H33N3/c1-3-17-32(4-2)37-26-38(33-18-9-5-10-19-33)29-41(28-37)44-46-43(36-24-15-8-16-25-36)47-45(48-44)42-30-39(34-20-11-6-12-21-34)27-40(31-42)35-22-13-7-14-23-35/h3-31H,1-2H2/b32-17+. The molecule has 7 aromatic rings. The molecule has 0 bridgehead atoms. The van der Waals surface area contributed by atoms with E-state index in [0.717, 1.165) is 61.2 Å². The maximum absolute atomic E-state index is 5.19. The number of nitrogens with zero attached hydrogens (tertiary/aromatic N) is 3. The molecule has 48 heavy (non-hydrogen) atoms. The Hall–Kier alpha value is -6.45. The van der Waals surface area contributed by atoms with E-state index in [9.17, 15) is 0 Å².